The SMILES string of the molecule is CC(C(=O)O)C(C)N1CC2(CCCC2)C1. The maximum Gasteiger partial charge on any atom is 0.307 e. The Kier molecular flexibility index (Phi) is 2.75. The Bertz CT molecular complexity index is 250. The minimum atomic E-state index is -0.671. The third kappa shape index (κ3) is 1.89. The number of carbonyl (C=O) groups is 1. The molecule has 1 aliphatic carbocycles. The smallest absolute Gasteiger partial charge is 0.307 e. The molecule has 2 unspecified atom stereocenters. The standard InChI is InChI=1S/C12H21NO2/c1-9(11(14)15)10(2)13-7-12(8-13)5-3-4-6-12/h9-10H,3-8H2,1-2H3,(H,14,15). The second kappa shape index (κ2) is 3.78. The second-order valence-corrected chi connectivity index (χ2v) is 5.48. The van der Waals surface area contributed by atoms with Crippen LogP contribution in [-0.2, 0) is 4.79 Å². The van der Waals surface area contributed by atoms with Gasteiger partial charge in [0.25, 0.3) is 0 Å². The van der Waals surface area contributed by atoms with Crippen molar-refractivity contribution in [2.24, 2.45) is 11.3 Å². The highest BCUT2D eigenvalue weighted by Gasteiger charge is 2.47. The van der Waals surface area contributed by atoms with Crippen LogP contribution in [0.1, 0.15) is 39.5 Å². The van der Waals surface area contributed by atoms with Crippen LogP contribution in [0.15, 0.2) is 0 Å². The van der Waals surface area contributed by atoms with Gasteiger partial charge < -0.3 is 5.11 Å². The van der Waals surface area contributed by atoms with Crippen molar-refractivity contribution < 1.29 is 9.90 Å². The molecule has 1 spiro atoms. The highest BCUT2D eigenvalue weighted by atomic mass is 16.4. The largest absolute Gasteiger partial charge is 0.481 e. The lowest BCUT2D eigenvalue weighted by molar-refractivity contribution is -0.145. The molecule has 1 aliphatic heterocycles. The lowest BCUT2D eigenvalue weighted by Gasteiger charge is -2.52. The first-order valence-electron chi connectivity index (χ1n) is 6.01. The van der Waals surface area contributed by atoms with Crippen LogP contribution in [0.4, 0.5) is 0 Å². The van der Waals surface area contributed by atoms with Gasteiger partial charge in [0.15, 0.2) is 0 Å². The lowest BCUT2D eigenvalue weighted by atomic mass is 9.76. The number of nitrogens with zero attached hydrogens (tertiary/aromatic N) is 1. The minimum Gasteiger partial charge on any atom is -0.481 e. The fraction of sp³-hybridized carbons (Fsp3) is 0.917. The van der Waals surface area contributed by atoms with Crippen LogP contribution in [0, 0.1) is 11.3 Å². The monoisotopic (exact) mass is 211 g/mol. The summed E-state index contributed by atoms with van der Waals surface area (Å²) < 4.78 is 0. The summed E-state index contributed by atoms with van der Waals surface area (Å²) in [6.07, 6.45) is 5.46. The zero-order chi connectivity index (χ0) is 11.1. The predicted molar refractivity (Wildman–Crippen MR) is 58.7 cm³/mol. The molecule has 86 valence electrons. The van der Waals surface area contributed by atoms with E-state index in [-0.39, 0.29) is 12.0 Å². The van der Waals surface area contributed by atoms with Crippen LogP contribution >= 0.6 is 0 Å². The summed E-state index contributed by atoms with van der Waals surface area (Å²) in [6, 6.07) is 0.189. The molecular formula is C12H21NO2. The quantitative estimate of drug-likeness (QED) is 0.776. The van der Waals surface area contributed by atoms with Crippen LogP contribution < -0.4 is 0 Å². The average Bonchev–Trinajstić information content (AvgIpc) is 2.61. The van der Waals surface area contributed by atoms with Gasteiger partial charge in [-0.15, -0.1) is 0 Å². The van der Waals surface area contributed by atoms with Gasteiger partial charge in [0.2, 0.25) is 0 Å². The summed E-state index contributed by atoms with van der Waals surface area (Å²) in [4.78, 5) is 13.2. The van der Waals surface area contributed by atoms with Crippen LogP contribution in [0.3, 0.4) is 0 Å². The number of aliphatic carboxylic acids is 1. The van der Waals surface area contributed by atoms with E-state index in [1.54, 1.807) is 0 Å². The maximum absolute atomic E-state index is 10.9. The normalized spacial score (nSPS) is 28.7. The molecule has 0 aromatic heterocycles. The van der Waals surface area contributed by atoms with Crippen LogP contribution in [0.2, 0.25) is 0 Å². The first-order valence-corrected chi connectivity index (χ1v) is 6.01. The van der Waals surface area contributed by atoms with Crippen molar-refractivity contribution in [3.05, 3.63) is 0 Å². The van der Waals surface area contributed by atoms with Gasteiger partial charge in [-0.2, -0.15) is 0 Å². The summed E-state index contributed by atoms with van der Waals surface area (Å²) in [5.41, 5.74) is 0.576. The van der Waals surface area contributed by atoms with Gasteiger partial charge in [-0.05, 0) is 25.2 Å². The Morgan fingerprint density at radius 3 is 2.27 bits per heavy atom. The molecule has 1 saturated carbocycles. The van der Waals surface area contributed by atoms with E-state index in [9.17, 15) is 4.79 Å². The van der Waals surface area contributed by atoms with Gasteiger partial charge in [-0.25, -0.2) is 0 Å². The Balaban J connectivity index is 1.85. The predicted octanol–water partition coefficient (Wildman–Crippen LogP) is 1.97. The molecule has 0 amide bonds. The molecule has 1 saturated heterocycles. The van der Waals surface area contributed by atoms with Crippen molar-refractivity contribution in [1.82, 2.24) is 4.90 Å². The minimum absolute atomic E-state index is 0.189. The molecule has 0 aromatic carbocycles. The molecule has 1 heterocycles. The van der Waals surface area contributed by atoms with E-state index < -0.39 is 5.97 Å². The summed E-state index contributed by atoms with van der Waals surface area (Å²) in [5.74, 6) is -0.918. The molecule has 1 N–H and O–H groups in total. The zero-order valence-electron chi connectivity index (χ0n) is 9.70. The number of hydrogen-bond acceptors (Lipinski definition) is 2. The Labute approximate surface area is 91.5 Å². The number of rotatable bonds is 3. The van der Waals surface area contributed by atoms with E-state index in [0.29, 0.717) is 5.41 Å². The van der Waals surface area contributed by atoms with Crippen LogP contribution in [0.25, 0.3) is 0 Å². The van der Waals surface area contributed by atoms with Gasteiger partial charge in [-0.1, -0.05) is 19.8 Å². The van der Waals surface area contributed by atoms with Crippen molar-refractivity contribution in [3.8, 4) is 0 Å². The molecule has 2 aliphatic rings. The van der Waals surface area contributed by atoms with Crippen molar-refractivity contribution in [3.63, 3.8) is 0 Å². The second-order valence-electron chi connectivity index (χ2n) is 5.48. The molecule has 0 bridgehead atoms. The van der Waals surface area contributed by atoms with E-state index in [1.807, 2.05) is 13.8 Å². The van der Waals surface area contributed by atoms with E-state index in [2.05, 4.69) is 4.90 Å². The number of carboxylic acids is 1. The molecule has 0 aromatic rings. The van der Waals surface area contributed by atoms with E-state index in [0.717, 1.165) is 13.1 Å². The Morgan fingerprint density at radius 1 is 1.27 bits per heavy atom. The van der Waals surface area contributed by atoms with Crippen LogP contribution in [0.5, 0.6) is 0 Å². The maximum atomic E-state index is 10.9. The first-order chi connectivity index (χ1) is 7.04. The Morgan fingerprint density at radius 2 is 1.80 bits per heavy atom. The highest BCUT2D eigenvalue weighted by Crippen LogP contribution is 2.46. The molecule has 0 radical (unpaired) electrons. The number of hydrogen-bond donors (Lipinski definition) is 1. The van der Waals surface area contributed by atoms with Crippen LogP contribution in [-0.4, -0.2) is 35.1 Å². The zero-order valence-corrected chi connectivity index (χ0v) is 9.70. The van der Waals surface area contributed by atoms with E-state index in [4.69, 9.17) is 5.11 Å². The fourth-order valence-electron chi connectivity index (χ4n) is 3.07. The van der Waals surface area contributed by atoms with Gasteiger partial charge in [0.05, 0.1) is 5.92 Å². The van der Waals surface area contributed by atoms with E-state index >= 15 is 0 Å². The molecule has 3 nitrogen and oxygen atoms in total. The third-order valence-electron chi connectivity index (χ3n) is 4.43. The Hall–Kier alpha value is -0.570. The lowest BCUT2D eigenvalue weighted by Crippen LogP contribution is -2.59. The number of carboxylic acid groups (broad SMARTS) is 1. The third-order valence-corrected chi connectivity index (χ3v) is 4.43. The van der Waals surface area contributed by atoms with Crippen molar-refractivity contribution in [1.29, 1.82) is 0 Å². The highest BCUT2D eigenvalue weighted by molar-refractivity contribution is 5.70. The fourth-order valence-corrected chi connectivity index (χ4v) is 3.07. The molecule has 2 rings (SSSR count). The van der Waals surface area contributed by atoms with Crippen molar-refractivity contribution in [2.75, 3.05) is 13.1 Å². The molecule has 15 heavy (non-hydrogen) atoms. The van der Waals surface area contributed by atoms with Gasteiger partial charge >= 0.3 is 5.97 Å². The summed E-state index contributed by atoms with van der Waals surface area (Å²) in [6.45, 7) is 6.12. The summed E-state index contributed by atoms with van der Waals surface area (Å²) in [5, 5.41) is 8.95. The van der Waals surface area contributed by atoms with E-state index in [1.165, 1.54) is 25.7 Å². The number of likely N-dealkylation sites (tertiary alicyclic amines) is 1. The molecular weight excluding hydrogens is 190 g/mol. The molecule has 2 fully saturated rings. The summed E-state index contributed by atoms with van der Waals surface area (Å²) >= 11 is 0. The van der Waals surface area contributed by atoms with Crippen molar-refractivity contribution in [2.45, 2.75) is 45.6 Å². The molecule has 2 atom stereocenters. The topological polar surface area (TPSA) is 40.5 Å². The van der Waals surface area contributed by atoms with Gasteiger partial charge in [-0.3, -0.25) is 9.69 Å². The summed E-state index contributed by atoms with van der Waals surface area (Å²) in [7, 11) is 0. The van der Waals surface area contributed by atoms with Crippen molar-refractivity contribution >= 4 is 5.97 Å². The average molecular weight is 211 g/mol. The van der Waals surface area contributed by atoms with Gasteiger partial charge in [0, 0.05) is 19.1 Å². The van der Waals surface area contributed by atoms with Gasteiger partial charge in [0.1, 0.15) is 0 Å². The molecule has 3 heteroatoms. The first kappa shape index (κ1) is 10.9.